The van der Waals surface area contributed by atoms with Crippen LogP contribution in [0, 0.1) is 0 Å². The average molecular weight is 294 g/mol. The van der Waals surface area contributed by atoms with Gasteiger partial charge in [0.1, 0.15) is 0 Å². The zero-order valence-corrected chi connectivity index (χ0v) is 11.8. The van der Waals surface area contributed by atoms with Crippen molar-refractivity contribution in [1.82, 2.24) is 15.0 Å². The highest BCUT2D eigenvalue weighted by Crippen LogP contribution is 2.19. The van der Waals surface area contributed by atoms with E-state index in [1.807, 2.05) is 12.1 Å². The fourth-order valence-corrected chi connectivity index (χ4v) is 2.53. The molecular formula is C14H16ClN3O2. The molecule has 1 aliphatic heterocycles. The van der Waals surface area contributed by atoms with E-state index in [2.05, 4.69) is 15.0 Å². The fourth-order valence-electron chi connectivity index (χ4n) is 2.40. The molecule has 3 rings (SSSR count). The molecule has 1 N–H and O–H groups in total. The summed E-state index contributed by atoms with van der Waals surface area (Å²) >= 11 is 5.85. The molecule has 6 heteroatoms. The summed E-state index contributed by atoms with van der Waals surface area (Å²) in [4.78, 5) is 6.52. The Morgan fingerprint density at radius 1 is 1.35 bits per heavy atom. The third kappa shape index (κ3) is 3.17. The number of halogens is 1. The van der Waals surface area contributed by atoms with Gasteiger partial charge in [-0.1, -0.05) is 16.8 Å². The molecule has 106 valence electrons. The van der Waals surface area contributed by atoms with E-state index in [0.29, 0.717) is 29.8 Å². The Labute approximate surface area is 122 Å². The molecule has 20 heavy (non-hydrogen) atoms. The summed E-state index contributed by atoms with van der Waals surface area (Å²) in [7, 11) is 0. The summed E-state index contributed by atoms with van der Waals surface area (Å²) in [6.07, 6.45) is 1.62. The van der Waals surface area contributed by atoms with Crippen molar-refractivity contribution in [2.24, 2.45) is 0 Å². The van der Waals surface area contributed by atoms with Crippen LogP contribution in [0.15, 0.2) is 28.8 Å². The molecule has 2 aromatic rings. The SMILES string of the molecule is OC1CCCN(Cc2nc(-c3ccc(Cl)cc3)no2)C1. The third-order valence-corrected chi connectivity index (χ3v) is 3.66. The largest absolute Gasteiger partial charge is 0.392 e. The first-order valence-corrected chi connectivity index (χ1v) is 7.07. The first-order chi connectivity index (χ1) is 9.70. The van der Waals surface area contributed by atoms with Crippen LogP contribution in [0.25, 0.3) is 11.4 Å². The Kier molecular flexibility index (Phi) is 4.00. The lowest BCUT2D eigenvalue weighted by Crippen LogP contribution is -2.37. The van der Waals surface area contributed by atoms with Crippen LogP contribution in [0.5, 0.6) is 0 Å². The predicted molar refractivity (Wildman–Crippen MR) is 75.3 cm³/mol. The molecule has 5 nitrogen and oxygen atoms in total. The summed E-state index contributed by atoms with van der Waals surface area (Å²) in [6, 6.07) is 7.32. The zero-order valence-electron chi connectivity index (χ0n) is 11.0. The number of hydrogen-bond acceptors (Lipinski definition) is 5. The number of nitrogens with zero attached hydrogens (tertiary/aromatic N) is 3. The molecular weight excluding hydrogens is 278 g/mol. The Morgan fingerprint density at radius 2 is 2.15 bits per heavy atom. The van der Waals surface area contributed by atoms with Gasteiger partial charge >= 0.3 is 0 Å². The van der Waals surface area contributed by atoms with Crippen molar-refractivity contribution >= 4 is 11.6 Å². The summed E-state index contributed by atoms with van der Waals surface area (Å²) in [6.45, 7) is 2.20. The Morgan fingerprint density at radius 3 is 2.90 bits per heavy atom. The van der Waals surface area contributed by atoms with E-state index in [9.17, 15) is 5.11 Å². The maximum absolute atomic E-state index is 9.65. The van der Waals surface area contributed by atoms with Gasteiger partial charge in [-0.15, -0.1) is 0 Å². The van der Waals surface area contributed by atoms with Crippen LogP contribution in [0.3, 0.4) is 0 Å². The summed E-state index contributed by atoms with van der Waals surface area (Å²) in [5.74, 6) is 1.14. The molecule has 1 saturated heterocycles. The quantitative estimate of drug-likeness (QED) is 0.941. The van der Waals surface area contributed by atoms with Crippen LogP contribution in [0.1, 0.15) is 18.7 Å². The molecule has 0 amide bonds. The van der Waals surface area contributed by atoms with Gasteiger partial charge < -0.3 is 9.63 Å². The van der Waals surface area contributed by atoms with E-state index in [1.54, 1.807) is 12.1 Å². The molecule has 0 saturated carbocycles. The van der Waals surface area contributed by atoms with Crippen molar-refractivity contribution in [2.75, 3.05) is 13.1 Å². The van der Waals surface area contributed by atoms with E-state index < -0.39 is 0 Å². The molecule has 1 aromatic heterocycles. The van der Waals surface area contributed by atoms with E-state index in [4.69, 9.17) is 16.1 Å². The van der Waals surface area contributed by atoms with Crippen LogP contribution in [-0.4, -0.2) is 39.3 Å². The van der Waals surface area contributed by atoms with Crippen LogP contribution in [0.4, 0.5) is 0 Å². The molecule has 2 heterocycles. The highest BCUT2D eigenvalue weighted by molar-refractivity contribution is 6.30. The van der Waals surface area contributed by atoms with Gasteiger partial charge in [-0.2, -0.15) is 4.98 Å². The second-order valence-corrected chi connectivity index (χ2v) is 5.49. The molecule has 1 aliphatic rings. The van der Waals surface area contributed by atoms with Gasteiger partial charge in [-0.3, -0.25) is 4.90 Å². The van der Waals surface area contributed by atoms with Crippen molar-refractivity contribution < 1.29 is 9.63 Å². The number of aromatic nitrogens is 2. The Bertz CT molecular complexity index is 570. The average Bonchev–Trinajstić information content (AvgIpc) is 2.88. The van der Waals surface area contributed by atoms with Crippen LogP contribution < -0.4 is 0 Å². The molecule has 1 aromatic carbocycles. The molecule has 0 radical (unpaired) electrons. The highest BCUT2D eigenvalue weighted by Gasteiger charge is 2.20. The number of hydrogen-bond donors (Lipinski definition) is 1. The first kappa shape index (κ1) is 13.5. The molecule has 0 spiro atoms. The van der Waals surface area contributed by atoms with Gasteiger partial charge in [-0.25, -0.2) is 0 Å². The minimum absolute atomic E-state index is 0.248. The van der Waals surface area contributed by atoms with Gasteiger partial charge in [0.25, 0.3) is 0 Å². The smallest absolute Gasteiger partial charge is 0.241 e. The number of aliphatic hydroxyl groups is 1. The maximum atomic E-state index is 9.65. The number of piperidine rings is 1. The number of β-amino-alcohol motifs (C(OH)–C–C–N with tert-alkyl or cyclic N) is 1. The zero-order chi connectivity index (χ0) is 13.9. The lowest BCUT2D eigenvalue weighted by atomic mass is 10.1. The minimum atomic E-state index is -0.248. The number of likely N-dealkylation sites (tertiary alicyclic amines) is 1. The Balaban J connectivity index is 1.69. The van der Waals surface area contributed by atoms with Crippen molar-refractivity contribution in [3.05, 3.63) is 35.2 Å². The van der Waals surface area contributed by atoms with Gasteiger partial charge in [0.05, 0.1) is 12.6 Å². The second kappa shape index (κ2) is 5.91. The third-order valence-electron chi connectivity index (χ3n) is 3.41. The van der Waals surface area contributed by atoms with E-state index in [1.165, 1.54) is 0 Å². The monoisotopic (exact) mass is 293 g/mol. The standard InChI is InChI=1S/C14H16ClN3O2/c15-11-5-3-10(4-6-11)14-16-13(20-17-14)9-18-7-1-2-12(19)8-18/h3-6,12,19H,1-2,7-9H2. The molecule has 0 bridgehead atoms. The van der Waals surface area contributed by atoms with Crippen LogP contribution in [-0.2, 0) is 6.54 Å². The van der Waals surface area contributed by atoms with Crippen LogP contribution in [0.2, 0.25) is 5.02 Å². The first-order valence-electron chi connectivity index (χ1n) is 6.69. The van der Waals surface area contributed by atoms with Gasteiger partial charge in [0.15, 0.2) is 0 Å². The number of rotatable bonds is 3. The Hall–Kier alpha value is -1.43. The number of aliphatic hydroxyl groups excluding tert-OH is 1. The lowest BCUT2D eigenvalue weighted by Gasteiger charge is -2.28. The van der Waals surface area contributed by atoms with Crippen molar-refractivity contribution in [3.8, 4) is 11.4 Å². The molecule has 0 aliphatic carbocycles. The van der Waals surface area contributed by atoms with Crippen LogP contribution >= 0.6 is 11.6 Å². The second-order valence-electron chi connectivity index (χ2n) is 5.05. The normalized spacial score (nSPS) is 20.2. The summed E-state index contributed by atoms with van der Waals surface area (Å²) < 4.78 is 5.27. The molecule has 1 unspecified atom stereocenters. The predicted octanol–water partition coefficient (Wildman–Crippen LogP) is 2.35. The summed E-state index contributed by atoms with van der Waals surface area (Å²) in [5, 5.41) is 14.3. The molecule has 1 fully saturated rings. The van der Waals surface area contributed by atoms with Crippen molar-refractivity contribution in [2.45, 2.75) is 25.5 Å². The van der Waals surface area contributed by atoms with E-state index in [-0.39, 0.29) is 6.10 Å². The van der Waals surface area contributed by atoms with Crippen molar-refractivity contribution in [3.63, 3.8) is 0 Å². The van der Waals surface area contributed by atoms with Crippen molar-refractivity contribution in [1.29, 1.82) is 0 Å². The summed E-state index contributed by atoms with van der Waals surface area (Å²) in [5.41, 5.74) is 0.878. The van der Waals surface area contributed by atoms with Gasteiger partial charge in [-0.05, 0) is 43.7 Å². The number of benzene rings is 1. The minimum Gasteiger partial charge on any atom is -0.392 e. The fraction of sp³-hybridized carbons (Fsp3) is 0.429. The van der Waals surface area contributed by atoms with Gasteiger partial charge in [0, 0.05) is 17.1 Å². The highest BCUT2D eigenvalue weighted by atomic mass is 35.5. The van der Waals surface area contributed by atoms with E-state index >= 15 is 0 Å². The topological polar surface area (TPSA) is 62.4 Å². The van der Waals surface area contributed by atoms with E-state index in [0.717, 1.165) is 24.9 Å². The lowest BCUT2D eigenvalue weighted by molar-refractivity contribution is 0.0613. The maximum Gasteiger partial charge on any atom is 0.241 e. The molecule has 1 atom stereocenters. The van der Waals surface area contributed by atoms with Gasteiger partial charge in [0.2, 0.25) is 11.7 Å².